The average molecular weight is 409 g/mol. The van der Waals surface area contributed by atoms with Gasteiger partial charge in [0.15, 0.2) is 17.3 Å². The molecule has 1 heterocycles. The normalized spacial score (nSPS) is 13.8. The molecule has 0 atom stereocenters. The summed E-state index contributed by atoms with van der Waals surface area (Å²) in [6, 6.07) is 4.97. The van der Waals surface area contributed by atoms with Crippen molar-refractivity contribution in [2.24, 2.45) is 0 Å². The molecule has 0 fully saturated rings. The van der Waals surface area contributed by atoms with E-state index in [4.69, 9.17) is 10.2 Å². The number of rotatable bonds is 2. The minimum absolute atomic E-state index is 0.00731. The van der Waals surface area contributed by atoms with Gasteiger partial charge in [-0.05, 0) is 41.0 Å². The average Bonchev–Trinajstić information content (AvgIpc) is 3.21. The van der Waals surface area contributed by atoms with Crippen molar-refractivity contribution in [3.63, 3.8) is 0 Å². The summed E-state index contributed by atoms with van der Waals surface area (Å²) >= 11 is 0. The molecule has 2 aromatic carbocycles. The van der Waals surface area contributed by atoms with Crippen LogP contribution in [0.5, 0.6) is 11.5 Å². The van der Waals surface area contributed by atoms with Crippen molar-refractivity contribution >= 4 is 16.8 Å². The monoisotopic (exact) mass is 409 g/mol. The lowest BCUT2D eigenvalue weighted by Crippen LogP contribution is -2.09. The molecule has 1 aromatic heterocycles. The largest absolute Gasteiger partial charge is 0.508 e. The molecule has 0 unspecified atom stereocenters. The van der Waals surface area contributed by atoms with Gasteiger partial charge in [0.1, 0.15) is 5.75 Å². The Morgan fingerprint density at radius 2 is 1.69 bits per heavy atom. The Morgan fingerprint density at radius 1 is 0.966 bits per heavy atom. The lowest BCUT2D eigenvalue weighted by atomic mass is 9.97. The van der Waals surface area contributed by atoms with Gasteiger partial charge >= 0.3 is 6.18 Å². The molecule has 0 bridgehead atoms. The van der Waals surface area contributed by atoms with Gasteiger partial charge in [-0.15, -0.1) is 0 Å². The number of benzene rings is 2. The van der Waals surface area contributed by atoms with Gasteiger partial charge in [-0.2, -0.15) is 17.6 Å². The molecule has 0 radical (unpaired) electrons. The number of alkyl halides is 3. The predicted octanol–water partition coefficient (Wildman–Crippen LogP) is 5.09. The Hall–Kier alpha value is -3.49. The number of nitrogens with two attached hydrogens (primary N) is 1. The zero-order chi connectivity index (χ0) is 21.1. The standard InChI is InChI=1S/C20H12F5NO3/c21-17-9(1-2-15(28)18(17)22)12-7-10-11(16(12)19-14(26)3-4-29-19)5-8(27)6-13(10)20(23,24)25/h1-6,27-28H,7,26H2. The van der Waals surface area contributed by atoms with Crippen LogP contribution in [0.2, 0.25) is 0 Å². The number of phenolic OH excluding ortho intramolecular Hbond substituents is 2. The molecule has 1 aliphatic carbocycles. The first-order chi connectivity index (χ1) is 13.6. The van der Waals surface area contributed by atoms with E-state index in [-0.39, 0.29) is 39.3 Å². The topological polar surface area (TPSA) is 79.6 Å². The van der Waals surface area contributed by atoms with Gasteiger partial charge < -0.3 is 20.4 Å². The minimum atomic E-state index is -4.79. The molecule has 4 nitrogen and oxygen atoms in total. The molecule has 1 aliphatic rings. The highest BCUT2D eigenvalue weighted by Crippen LogP contribution is 2.49. The highest BCUT2D eigenvalue weighted by atomic mass is 19.4. The molecule has 4 N–H and O–H groups in total. The molecular formula is C20H12F5NO3. The molecule has 0 saturated heterocycles. The van der Waals surface area contributed by atoms with Crippen LogP contribution in [0.4, 0.5) is 27.6 Å². The van der Waals surface area contributed by atoms with Crippen molar-refractivity contribution in [3.8, 4) is 11.5 Å². The van der Waals surface area contributed by atoms with Crippen molar-refractivity contribution in [2.45, 2.75) is 12.6 Å². The van der Waals surface area contributed by atoms with E-state index in [0.29, 0.717) is 6.07 Å². The molecule has 0 spiro atoms. The fraction of sp³-hybridized carbons (Fsp3) is 0.100. The molecular weight excluding hydrogens is 397 g/mol. The third-order valence-corrected chi connectivity index (χ3v) is 4.77. The Morgan fingerprint density at radius 3 is 2.31 bits per heavy atom. The summed E-state index contributed by atoms with van der Waals surface area (Å²) in [4.78, 5) is 0. The van der Waals surface area contributed by atoms with Crippen molar-refractivity contribution in [1.82, 2.24) is 0 Å². The number of fused-ring (bicyclic) bond motifs is 1. The van der Waals surface area contributed by atoms with Crippen LogP contribution in [0.1, 0.15) is 28.0 Å². The van der Waals surface area contributed by atoms with E-state index in [1.165, 1.54) is 12.3 Å². The summed E-state index contributed by atoms with van der Waals surface area (Å²) < 4.78 is 74.5. The first-order valence-electron chi connectivity index (χ1n) is 8.27. The fourth-order valence-corrected chi connectivity index (χ4v) is 3.53. The Bertz CT molecular complexity index is 1180. The number of aromatic hydroxyl groups is 2. The lowest BCUT2D eigenvalue weighted by Gasteiger charge is -2.13. The Balaban J connectivity index is 2.06. The molecule has 0 aliphatic heterocycles. The zero-order valence-corrected chi connectivity index (χ0v) is 14.4. The van der Waals surface area contributed by atoms with Gasteiger partial charge in [0.25, 0.3) is 0 Å². The van der Waals surface area contributed by atoms with Crippen LogP contribution in [0.3, 0.4) is 0 Å². The maximum absolute atomic E-state index is 14.6. The molecule has 29 heavy (non-hydrogen) atoms. The minimum Gasteiger partial charge on any atom is -0.508 e. The van der Waals surface area contributed by atoms with Gasteiger partial charge in [-0.3, -0.25) is 0 Å². The second kappa shape index (κ2) is 6.26. The Kier molecular flexibility index (Phi) is 4.07. The first-order valence-corrected chi connectivity index (χ1v) is 8.27. The molecule has 0 saturated carbocycles. The van der Waals surface area contributed by atoms with E-state index < -0.39 is 41.3 Å². The number of phenols is 2. The smallest absolute Gasteiger partial charge is 0.416 e. The number of halogens is 5. The first kappa shape index (κ1) is 18.9. The highest BCUT2D eigenvalue weighted by Gasteiger charge is 2.40. The van der Waals surface area contributed by atoms with E-state index in [9.17, 15) is 32.2 Å². The zero-order valence-electron chi connectivity index (χ0n) is 14.4. The van der Waals surface area contributed by atoms with Crippen LogP contribution < -0.4 is 5.73 Å². The van der Waals surface area contributed by atoms with Crippen molar-refractivity contribution < 1.29 is 36.6 Å². The number of nitrogen functional groups attached to an aromatic ring is 1. The molecule has 9 heteroatoms. The van der Waals surface area contributed by atoms with Crippen LogP contribution in [0.25, 0.3) is 11.1 Å². The van der Waals surface area contributed by atoms with Gasteiger partial charge in [0, 0.05) is 23.6 Å². The number of hydrogen-bond acceptors (Lipinski definition) is 4. The summed E-state index contributed by atoms with van der Waals surface area (Å²) in [6.07, 6.45) is -4.01. The maximum Gasteiger partial charge on any atom is 0.416 e. The van der Waals surface area contributed by atoms with Gasteiger partial charge in [-0.25, -0.2) is 4.39 Å². The van der Waals surface area contributed by atoms with Gasteiger partial charge in [0.05, 0.1) is 17.5 Å². The molecule has 150 valence electrons. The summed E-state index contributed by atoms with van der Waals surface area (Å²) in [5.74, 6) is -4.58. The molecule has 0 amide bonds. The van der Waals surface area contributed by atoms with E-state index in [2.05, 4.69) is 0 Å². The summed E-state index contributed by atoms with van der Waals surface area (Å²) in [5, 5.41) is 19.2. The second-order valence-corrected chi connectivity index (χ2v) is 6.51. The summed E-state index contributed by atoms with van der Waals surface area (Å²) in [6.45, 7) is 0. The summed E-state index contributed by atoms with van der Waals surface area (Å²) in [5.41, 5.74) is 4.17. The number of anilines is 1. The molecule has 4 rings (SSSR count). The van der Waals surface area contributed by atoms with E-state index in [1.54, 1.807) is 0 Å². The van der Waals surface area contributed by atoms with Gasteiger partial charge in [-0.1, -0.05) is 0 Å². The van der Waals surface area contributed by atoms with Crippen LogP contribution in [-0.2, 0) is 12.6 Å². The maximum atomic E-state index is 14.6. The Labute approximate surface area is 160 Å². The van der Waals surface area contributed by atoms with Crippen LogP contribution >= 0.6 is 0 Å². The second-order valence-electron chi connectivity index (χ2n) is 6.51. The number of furan rings is 1. The number of hydrogen-bond donors (Lipinski definition) is 3. The van der Waals surface area contributed by atoms with E-state index in [1.807, 2.05) is 0 Å². The fourth-order valence-electron chi connectivity index (χ4n) is 3.53. The van der Waals surface area contributed by atoms with Crippen LogP contribution in [0.15, 0.2) is 41.0 Å². The van der Waals surface area contributed by atoms with Crippen molar-refractivity contribution in [2.75, 3.05) is 5.73 Å². The molecule has 3 aromatic rings. The van der Waals surface area contributed by atoms with Crippen molar-refractivity contribution in [1.29, 1.82) is 0 Å². The third-order valence-electron chi connectivity index (χ3n) is 4.77. The van der Waals surface area contributed by atoms with Gasteiger partial charge in [0.2, 0.25) is 5.82 Å². The summed E-state index contributed by atoms with van der Waals surface area (Å²) in [7, 11) is 0. The quantitative estimate of drug-likeness (QED) is 0.516. The van der Waals surface area contributed by atoms with Crippen molar-refractivity contribution in [3.05, 3.63) is 76.2 Å². The van der Waals surface area contributed by atoms with E-state index >= 15 is 0 Å². The number of allylic oxidation sites excluding steroid dienone is 1. The van der Waals surface area contributed by atoms with Crippen LogP contribution in [0, 0.1) is 11.6 Å². The predicted molar refractivity (Wildman–Crippen MR) is 93.9 cm³/mol. The van der Waals surface area contributed by atoms with Crippen LogP contribution in [-0.4, -0.2) is 10.2 Å². The SMILES string of the molecule is Nc1ccoc1C1=C(c2ccc(O)c(F)c2F)Cc2c1cc(O)cc2C(F)(F)F. The third kappa shape index (κ3) is 2.89. The van der Waals surface area contributed by atoms with E-state index in [0.717, 1.165) is 18.2 Å². The highest BCUT2D eigenvalue weighted by molar-refractivity contribution is 6.05. The lowest BCUT2D eigenvalue weighted by molar-refractivity contribution is -0.138.